The third-order valence-electron chi connectivity index (χ3n) is 5.47. The quantitative estimate of drug-likeness (QED) is 0.267. The Bertz CT molecular complexity index is 1170. The lowest BCUT2D eigenvalue weighted by atomic mass is 10.2. The summed E-state index contributed by atoms with van der Waals surface area (Å²) in [5.74, 6) is 0.103. The summed E-state index contributed by atoms with van der Waals surface area (Å²) in [4.78, 5) is 0. The molecule has 0 aliphatic heterocycles. The van der Waals surface area contributed by atoms with E-state index < -0.39 is 12.9 Å². The second-order valence-corrected chi connectivity index (χ2v) is 10.3. The summed E-state index contributed by atoms with van der Waals surface area (Å²) in [6.07, 6.45) is 0. The van der Waals surface area contributed by atoms with Gasteiger partial charge in [-0.15, -0.1) is 0 Å². The summed E-state index contributed by atoms with van der Waals surface area (Å²) in [6.45, 7) is 0. The summed E-state index contributed by atoms with van der Waals surface area (Å²) in [7, 11) is -1.65. The largest absolute Gasteiger partial charge is 0.733 e. The van der Waals surface area contributed by atoms with Crippen LogP contribution >= 0.6 is 7.14 Å². The molecular weight excluding hydrogens is 435 g/mol. The smallest absolute Gasteiger partial charge is 0.168 e. The highest BCUT2D eigenvalue weighted by Crippen LogP contribution is 2.57. The van der Waals surface area contributed by atoms with Crippen LogP contribution in [0.5, 0.6) is 5.75 Å². The molecule has 1 atom stereocenters. The molecule has 1 unspecified atom stereocenters. The summed E-state index contributed by atoms with van der Waals surface area (Å²) < 4.78 is 20.4. The van der Waals surface area contributed by atoms with E-state index in [-0.39, 0.29) is 10.9 Å². The molecule has 33 heavy (non-hydrogen) atoms. The summed E-state index contributed by atoms with van der Waals surface area (Å²) in [5, 5.41) is 25.0. The molecule has 2 N–H and O–H groups in total. The van der Waals surface area contributed by atoms with Gasteiger partial charge in [-0.05, 0) is 42.0 Å². The van der Waals surface area contributed by atoms with Crippen molar-refractivity contribution in [2.45, 2.75) is 5.78 Å². The Balaban J connectivity index is 1.87. The van der Waals surface area contributed by atoms with Gasteiger partial charge in [0.05, 0.1) is 12.8 Å². The molecule has 0 bridgehead atoms. The molecule has 0 saturated heterocycles. The highest BCUT2D eigenvalue weighted by Gasteiger charge is 2.38. The molecule has 0 spiro atoms. The number of nitrogens with one attached hydrogen (secondary N) is 1. The van der Waals surface area contributed by atoms with E-state index in [4.69, 9.17) is 9.94 Å². The number of methoxy groups -OCH3 is 1. The van der Waals surface area contributed by atoms with Gasteiger partial charge in [0.25, 0.3) is 0 Å². The highest BCUT2D eigenvalue weighted by atomic mass is 31.2. The Hall–Kier alpha value is -3.57. The van der Waals surface area contributed by atoms with E-state index in [0.29, 0.717) is 11.4 Å². The van der Waals surface area contributed by atoms with Crippen LogP contribution in [0.2, 0.25) is 0 Å². The first-order valence-corrected chi connectivity index (χ1v) is 12.2. The van der Waals surface area contributed by atoms with Gasteiger partial charge in [-0.1, -0.05) is 72.8 Å². The fraction of sp³-hybridized carbons (Fsp3) is 0.0769. The van der Waals surface area contributed by atoms with Crippen LogP contribution in [0.1, 0.15) is 11.3 Å². The number of anilines is 2. The second kappa shape index (κ2) is 9.92. The highest BCUT2D eigenvalue weighted by molar-refractivity contribution is 7.79. The predicted molar refractivity (Wildman–Crippen MR) is 133 cm³/mol. The minimum atomic E-state index is -3.25. The average molecular weight is 459 g/mol. The third kappa shape index (κ3) is 4.78. The summed E-state index contributed by atoms with van der Waals surface area (Å²) >= 11 is 0. The van der Waals surface area contributed by atoms with E-state index in [1.807, 2.05) is 84.9 Å². The van der Waals surface area contributed by atoms with Crippen LogP contribution in [0, 0.1) is 5.21 Å². The zero-order valence-electron chi connectivity index (χ0n) is 18.0. The molecule has 0 aliphatic rings. The van der Waals surface area contributed by atoms with Gasteiger partial charge in [0, 0.05) is 16.3 Å². The number of benzene rings is 4. The van der Waals surface area contributed by atoms with Crippen LogP contribution in [0.25, 0.3) is 0 Å². The van der Waals surface area contributed by atoms with Gasteiger partial charge < -0.3 is 25.1 Å². The van der Waals surface area contributed by atoms with Crippen molar-refractivity contribution in [1.82, 2.24) is 0 Å². The number of hydrogen-bond donors (Lipinski definition) is 2. The van der Waals surface area contributed by atoms with Crippen molar-refractivity contribution in [3.8, 4) is 5.75 Å². The first-order chi connectivity index (χ1) is 16.0. The first-order valence-electron chi connectivity index (χ1n) is 10.4. The van der Waals surface area contributed by atoms with E-state index in [1.165, 1.54) is 12.1 Å². The molecule has 0 radical (unpaired) electrons. The normalized spacial score (nSPS) is 12.1. The van der Waals surface area contributed by atoms with Crippen molar-refractivity contribution in [3.05, 3.63) is 120 Å². The van der Waals surface area contributed by atoms with E-state index in [9.17, 15) is 5.21 Å². The maximum Gasteiger partial charge on any atom is 0.168 e. The van der Waals surface area contributed by atoms with Crippen LogP contribution in [-0.2, 0) is 4.57 Å². The lowest BCUT2D eigenvalue weighted by molar-refractivity contribution is 0.296. The zero-order chi connectivity index (χ0) is 23.3. The summed E-state index contributed by atoms with van der Waals surface area (Å²) in [5.41, 5.74) is 1.59. The van der Waals surface area contributed by atoms with Crippen molar-refractivity contribution in [2.75, 3.05) is 17.7 Å². The molecule has 0 heterocycles. The van der Waals surface area contributed by atoms with Crippen LogP contribution < -0.4 is 25.9 Å². The van der Waals surface area contributed by atoms with Gasteiger partial charge in [0.15, 0.2) is 7.14 Å². The molecule has 0 amide bonds. The SMILES string of the molecule is COc1ccc(C(Nc2ccc(N([O-])O)cc2)P(=O)(c2ccccc2)c2ccccc2)cc1. The summed E-state index contributed by atoms with van der Waals surface area (Å²) in [6, 6.07) is 32.7. The fourth-order valence-corrected chi connectivity index (χ4v) is 6.81. The lowest BCUT2D eigenvalue weighted by Crippen LogP contribution is -2.25. The molecule has 7 heteroatoms. The van der Waals surface area contributed by atoms with E-state index in [0.717, 1.165) is 16.2 Å². The second-order valence-electron chi connectivity index (χ2n) is 7.47. The van der Waals surface area contributed by atoms with Crippen LogP contribution in [0.15, 0.2) is 109 Å². The van der Waals surface area contributed by atoms with Gasteiger partial charge in [0.1, 0.15) is 11.5 Å². The lowest BCUT2D eigenvalue weighted by Gasteiger charge is -2.31. The van der Waals surface area contributed by atoms with Gasteiger partial charge >= 0.3 is 0 Å². The third-order valence-corrected chi connectivity index (χ3v) is 8.75. The van der Waals surface area contributed by atoms with Gasteiger partial charge in [-0.3, -0.25) is 5.21 Å². The van der Waals surface area contributed by atoms with Crippen molar-refractivity contribution in [2.24, 2.45) is 0 Å². The van der Waals surface area contributed by atoms with Crippen molar-refractivity contribution in [1.29, 1.82) is 0 Å². The zero-order valence-corrected chi connectivity index (χ0v) is 18.9. The molecule has 0 fully saturated rings. The number of ether oxygens (including phenoxy) is 1. The Morgan fingerprint density at radius 1 is 0.818 bits per heavy atom. The maximum atomic E-state index is 15.1. The van der Waals surface area contributed by atoms with Crippen LogP contribution in [0.3, 0.4) is 0 Å². The van der Waals surface area contributed by atoms with Crippen LogP contribution in [-0.4, -0.2) is 12.3 Å². The molecule has 4 aromatic rings. The van der Waals surface area contributed by atoms with E-state index >= 15 is 4.57 Å². The molecule has 0 aromatic heterocycles. The predicted octanol–water partition coefficient (Wildman–Crippen LogP) is 5.51. The van der Waals surface area contributed by atoms with E-state index in [2.05, 4.69) is 5.32 Å². The molecule has 4 rings (SSSR count). The number of hydrogen-bond acceptors (Lipinski definition) is 6. The Morgan fingerprint density at radius 3 is 1.79 bits per heavy atom. The monoisotopic (exact) mass is 459 g/mol. The van der Waals surface area contributed by atoms with Crippen molar-refractivity contribution in [3.63, 3.8) is 0 Å². The van der Waals surface area contributed by atoms with Gasteiger partial charge in [-0.25, -0.2) is 0 Å². The Labute approximate surface area is 193 Å². The van der Waals surface area contributed by atoms with Crippen molar-refractivity contribution < 1.29 is 14.5 Å². The van der Waals surface area contributed by atoms with E-state index in [1.54, 1.807) is 19.2 Å². The average Bonchev–Trinajstić information content (AvgIpc) is 2.88. The van der Waals surface area contributed by atoms with Crippen molar-refractivity contribution >= 4 is 29.1 Å². The topological polar surface area (TPSA) is 84.9 Å². The Kier molecular flexibility index (Phi) is 6.80. The molecule has 6 nitrogen and oxygen atoms in total. The standard InChI is InChI=1S/C26H24N2O4P/c1-32-23-18-12-20(13-19-23)26(27-21-14-16-22(17-15-21)28(29)30)33(31,24-8-4-2-5-9-24)25-10-6-3-7-11-25/h2-19,26-27,29H,1H3/q-1. The fourth-order valence-electron chi connectivity index (χ4n) is 3.76. The van der Waals surface area contributed by atoms with Crippen LogP contribution in [0.4, 0.5) is 11.4 Å². The molecule has 0 aliphatic carbocycles. The first kappa shape index (κ1) is 22.6. The Morgan fingerprint density at radius 2 is 1.33 bits per heavy atom. The number of nitrogens with zero attached hydrogens (tertiary/aromatic N) is 1. The molecule has 4 aromatic carbocycles. The van der Waals surface area contributed by atoms with Gasteiger partial charge in [-0.2, -0.15) is 0 Å². The van der Waals surface area contributed by atoms with Gasteiger partial charge in [0.2, 0.25) is 0 Å². The molecular formula is C26H24N2O4P-. The molecule has 0 saturated carbocycles. The maximum absolute atomic E-state index is 15.1. The number of rotatable bonds is 8. The molecule has 168 valence electrons. The minimum absolute atomic E-state index is 0.107. The minimum Gasteiger partial charge on any atom is -0.733 e.